The minimum Gasteiger partial charge on any atom is -0.505 e. The first-order valence-electron chi connectivity index (χ1n) is 10.2. The van der Waals surface area contributed by atoms with Crippen molar-refractivity contribution < 1.29 is 39.5 Å². The summed E-state index contributed by atoms with van der Waals surface area (Å²) in [4.78, 5) is 24.0. The van der Waals surface area contributed by atoms with Gasteiger partial charge in [0.1, 0.15) is 24.0 Å². The van der Waals surface area contributed by atoms with E-state index in [4.69, 9.17) is 4.74 Å². The molecule has 4 rings (SSSR count). The molecule has 0 saturated heterocycles. The number of benzene rings is 3. The molecule has 10 heteroatoms. The monoisotopic (exact) mass is 464 g/mol. The fourth-order valence-corrected chi connectivity index (χ4v) is 3.35. The molecule has 174 valence electrons. The van der Waals surface area contributed by atoms with Crippen molar-refractivity contribution in [3.63, 3.8) is 0 Å². The first kappa shape index (κ1) is 22.7. The summed E-state index contributed by atoms with van der Waals surface area (Å²) < 4.78 is 9.69. The molecule has 2 atom stereocenters. The van der Waals surface area contributed by atoms with Gasteiger partial charge in [0.05, 0.1) is 5.69 Å². The van der Waals surface area contributed by atoms with Gasteiger partial charge in [0.25, 0.3) is 0 Å². The molecule has 0 radical (unpaired) electrons. The van der Waals surface area contributed by atoms with Gasteiger partial charge in [-0.15, -0.1) is 5.11 Å². The van der Waals surface area contributed by atoms with Crippen LogP contribution in [-0.4, -0.2) is 51.2 Å². The van der Waals surface area contributed by atoms with Gasteiger partial charge in [-0.3, -0.25) is 0 Å². The molecule has 10 nitrogen and oxygen atoms in total. The van der Waals surface area contributed by atoms with Crippen LogP contribution in [0.4, 0.5) is 11.4 Å². The summed E-state index contributed by atoms with van der Waals surface area (Å²) in [5.41, 5.74) is 1.43. The maximum absolute atomic E-state index is 12.7. The summed E-state index contributed by atoms with van der Waals surface area (Å²) in [6.45, 7) is 1.24. The minimum atomic E-state index is -1.65. The number of nitrogens with zero attached hydrogens (tertiary/aromatic N) is 2. The molecule has 1 heterocycles. The highest BCUT2D eigenvalue weighted by Gasteiger charge is 2.39. The number of phenolic OH excluding ortho intramolecular Hbond substituents is 1. The highest BCUT2D eigenvalue weighted by molar-refractivity contribution is 6.05. The molecule has 34 heavy (non-hydrogen) atoms. The molecular weight excluding hydrogens is 444 g/mol. The molecule has 0 amide bonds. The van der Waals surface area contributed by atoms with E-state index in [-0.39, 0.29) is 11.3 Å². The summed E-state index contributed by atoms with van der Waals surface area (Å²) in [5, 5.41) is 49.4. The molecule has 0 spiro atoms. The zero-order valence-corrected chi connectivity index (χ0v) is 17.9. The van der Waals surface area contributed by atoms with Crippen molar-refractivity contribution in [2.45, 2.75) is 19.1 Å². The first-order valence-corrected chi connectivity index (χ1v) is 10.2. The third-order valence-electron chi connectivity index (χ3n) is 5.19. The maximum atomic E-state index is 12.7. The van der Waals surface area contributed by atoms with Crippen LogP contribution in [0, 0.1) is 6.92 Å². The molecule has 0 aliphatic carbocycles. The Hall–Kier alpha value is -4.44. The lowest BCUT2D eigenvalue weighted by atomic mass is 10.0. The molecule has 4 N–H and O–H groups in total. The Bertz CT molecular complexity index is 1330. The largest absolute Gasteiger partial charge is 0.505 e. The Kier molecular flexibility index (Phi) is 6.15. The van der Waals surface area contributed by atoms with Gasteiger partial charge in [-0.2, -0.15) is 5.11 Å². The van der Waals surface area contributed by atoms with Crippen LogP contribution in [0.2, 0.25) is 0 Å². The van der Waals surface area contributed by atoms with Crippen molar-refractivity contribution in [1.29, 1.82) is 0 Å². The van der Waals surface area contributed by atoms with E-state index < -0.39 is 48.0 Å². The van der Waals surface area contributed by atoms with Crippen molar-refractivity contribution >= 4 is 34.1 Å². The minimum absolute atomic E-state index is 0.0568. The van der Waals surface area contributed by atoms with Crippen molar-refractivity contribution in [2.24, 2.45) is 10.2 Å². The van der Waals surface area contributed by atoms with E-state index in [0.717, 1.165) is 5.56 Å². The van der Waals surface area contributed by atoms with Gasteiger partial charge in [0.2, 0.25) is 5.76 Å². The average molecular weight is 464 g/mol. The number of aromatic hydroxyl groups is 1. The number of aliphatic hydroxyl groups is 3. The SMILES string of the molecule is Cc1ccc(/N=N/c2c(O)c(C(=O)OCC(O)C3OC(=O)C(O)=C3O)cc3ccccc23)cc1. The lowest BCUT2D eigenvalue weighted by Crippen LogP contribution is -2.33. The average Bonchev–Trinajstić information content (AvgIpc) is 3.09. The van der Waals surface area contributed by atoms with Gasteiger partial charge in [-0.1, -0.05) is 42.0 Å². The number of aryl methyl sites for hydroxylation is 1. The number of aliphatic hydroxyl groups excluding tert-OH is 3. The van der Waals surface area contributed by atoms with E-state index in [9.17, 15) is 30.0 Å². The standard InChI is InChI=1S/C24H20N2O8/c1-12-6-8-14(9-7-12)25-26-18-15-5-3-2-4-13(15)10-16(19(18)28)23(31)33-11-17(27)22-20(29)21(30)24(32)34-22/h2-10,17,22,27-30H,11H2,1H3/b26-25+. The number of fused-ring (bicyclic) bond motifs is 1. The molecule has 3 aromatic carbocycles. The number of ether oxygens (including phenoxy) is 2. The number of carbonyl (C=O) groups excluding carboxylic acids is 2. The lowest BCUT2D eigenvalue weighted by molar-refractivity contribution is -0.147. The van der Waals surface area contributed by atoms with Gasteiger partial charge in [-0.05, 0) is 30.5 Å². The van der Waals surface area contributed by atoms with Crippen LogP contribution < -0.4 is 0 Å². The zero-order chi connectivity index (χ0) is 24.4. The molecular formula is C24H20N2O8. The number of hydrogen-bond acceptors (Lipinski definition) is 10. The van der Waals surface area contributed by atoms with Crippen LogP contribution in [0.15, 0.2) is 76.3 Å². The van der Waals surface area contributed by atoms with Crippen molar-refractivity contribution in [2.75, 3.05) is 6.61 Å². The molecule has 0 bridgehead atoms. The van der Waals surface area contributed by atoms with Gasteiger partial charge in [-0.25, -0.2) is 9.59 Å². The molecule has 3 aromatic rings. The summed E-state index contributed by atoms with van der Waals surface area (Å²) >= 11 is 0. The lowest BCUT2D eigenvalue weighted by Gasteiger charge is -2.17. The number of carbonyl (C=O) groups is 2. The predicted octanol–water partition coefficient (Wildman–Crippen LogP) is 4.04. The maximum Gasteiger partial charge on any atom is 0.377 e. The quantitative estimate of drug-likeness (QED) is 0.314. The van der Waals surface area contributed by atoms with Crippen LogP contribution in [0.3, 0.4) is 0 Å². The van der Waals surface area contributed by atoms with E-state index in [2.05, 4.69) is 15.0 Å². The summed E-state index contributed by atoms with van der Waals surface area (Å²) in [6.07, 6.45) is -3.23. The summed E-state index contributed by atoms with van der Waals surface area (Å²) in [5.74, 6) is -4.55. The van der Waals surface area contributed by atoms with Crippen LogP contribution in [0.5, 0.6) is 5.75 Å². The van der Waals surface area contributed by atoms with Crippen LogP contribution >= 0.6 is 0 Å². The summed E-state index contributed by atoms with van der Waals surface area (Å²) in [7, 11) is 0. The van der Waals surface area contributed by atoms with Crippen molar-refractivity contribution in [3.05, 3.63) is 77.2 Å². The third kappa shape index (κ3) is 4.39. The van der Waals surface area contributed by atoms with E-state index >= 15 is 0 Å². The van der Waals surface area contributed by atoms with Gasteiger partial charge >= 0.3 is 11.9 Å². The topological polar surface area (TPSA) is 158 Å². The second-order valence-electron chi connectivity index (χ2n) is 7.60. The molecule has 0 aromatic heterocycles. The number of cyclic esters (lactones) is 1. The first-order chi connectivity index (χ1) is 16.3. The van der Waals surface area contributed by atoms with E-state index in [1.807, 2.05) is 19.1 Å². The van der Waals surface area contributed by atoms with E-state index in [0.29, 0.717) is 16.5 Å². The number of rotatable bonds is 6. The van der Waals surface area contributed by atoms with Crippen LogP contribution in [0.25, 0.3) is 10.8 Å². The molecule has 1 aliphatic rings. The fourth-order valence-electron chi connectivity index (χ4n) is 3.35. The number of hydrogen-bond donors (Lipinski definition) is 4. The number of phenols is 1. The predicted molar refractivity (Wildman–Crippen MR) is 119 cm³/mol. The van der Waals surface area contributed by atoms with Crippen LogP contribution in [-0.2, 0) is 14.3 Å². The van der Waals surface area contributed by atoms with Gasteiger partial charge < -0.3 is 29.9 Å². The van der Waals surface area contributed by atoms with E-state index in [1.165, 1.54) is 6.07 Å². The Morgan fingerprint density at radius 2 is 1.79 bits per heavy atom. The normalized spacial score (nSPS) is 16.8. The molecule has 2 unspecified atom stereocenters. The molecule has 0 saturated carbocycles. The highest BCUT2D eigenvalue weighted by atomic mass is 16.6. The zero-order valence-electron chi connectivity index (χ0n) is 17.9. The van der Waals surface area contributed by atoms with E-state index in [1.54, 1.807) is 36.4 Å². The Labute approximate surface area is 193 Å². The second-order valence-corrected chi connectivity index (χ2v) is 7.60. The molecule has 0 fully saturated rings. The Morgan fingerprint density at radius 1 is 1.09 bits per heavy atom. The fraction of sp³-hybridized carbons (Fsp3) is 0.167. The Balaban J connectivity index is 1.60. The number of esters is 2. The second kappa shape index (κ2) is 9.20. The Morgan fingerprint density at radius 3 is 2.47 bits per heavy atom. The van der Waals surface area contributed by atoms with Crippen molar-refractivity contribution in [1.82, 2.24) is 0 Å². The van der Waals surface area contributed by atoms with Crippen LogP contribution in [0.1, 0.15) is 15.9 Å². The third-order valence-corrected chi connectivity index (χ3v) is 5.19. The number of azo groups is 1. The molecule has 1 aliphatic heterocycles. The summed E-state index contributed by atoms with van der Waals surface area (Å²) in [6, 6.07) is 15.6. The smallest absolute Gasteiger partial charge is 0.377 e. The highest BCUT2D eigenvalue weighted by Crippen LogP contribution is 2.39. The van der Waals surface area contributed by atoms with Gasteiger partial charge in [0.15, 0.2) is 17.6 Å². The van der Waals surface area contributed by atoms with Crippen molar-refractivity contribution in [3.8, 4) is 5.75 Å². The van der Waals surface area contributed by atoms with Gasteiger partial charge in [0, 0.05) is 5.39 Å².